The van der Waals surface area contributed by atoms with E-state index in [0.717, 1.165) is 22.3 Å². The molecule has 0 radical (unpaired) electrons. The van der Waals surface area contributed by atoms with Gasteiger partial charge < -0.3 is 5.32 Å². The van der Waals surface area contributed by atoms with Crippen molar-refractivity contribution in [2.75, 3.05) is 0 Å². The Kier molecular flexibility index (Phi) is 3.85. The number of pyridine rings is 1. The summed E-state index contributed by atoms with van der Waals surface area (Å²) in [6.45, 7) is 5.71. The largest absolute Gasteiger partial charge is 0.348 e. The van der Waals surface area contributed by atoms with Crippen LogP contribution in [0, 0.1) is 6.92 Å². The number of aromatic nitrogens is 5. The Morgan fingerprint density at radius 3 is 2.65 bits per heavy atom. The molecule has 0 aliphatic rings. The lowest BCUT2D eigenvalue weighted by Crippen LogP contribution is -2.33. The van der Waals surface area contributed by atoms with E-state index in [4.69, 9.17) is 0 Å². The van der Waals surface area contributed by atoms with Gasteiger partial charge in [-0.05, 0) is 38.5 Å². The lowest BCUT2D eigenvalue weighted by atomic mass is 10.1. The number of nitrogens with zero attached hydrogens (tertiary/aromatic N) is 5. The first-order valence-corrected chi connectivity index (χ1v) is 7.56. The topological polar surface area (TPSA) is 77.6 Å². The van der Waals surface area contributed by atoms with Gasteiger partial charge >= 0.3 is 0 Å². The van der Waals surface area contributed by atoms with Crippen LogP contribution in [-0.2, 0) is 11.8 Å². The average molecular weight is 312 g/mol. The molecule has 0 aliphatic carbocycles. The van der Waals surface area contributed by atoms with Crippen molar-refractivity contribution in [2.45, 2.75) is 32.9 Å². The molecule has 7 nitrogen and oxygen atoms in total. The molecule has 120 valence electrons. The smallest absolute Gasteiger partial charge is 0.245 e. The van der Waals surface area contributed by atoms with E-state index in [0.29, 0.717) is 0 Å². The van der Waals surface area contributed by atoms with Crippen molar-refractivity contribution in [2.24, 2.45) is 7.05 Å². The van der Waals surface area contributed by atoms with E-state index in [9.17, 15) is 4.79 Å². The summed E-state index contributed by atoms with van der Waals surface area (Å²) in [5.74, 6) is -0.0810. The summed E-state index contributed by atoms with van der Waals surface area (Å²) in [6.07, 6.45) is 5.18. The van der Waals surface area contributed by atoms with Gasteiger partial charge in [-0.3, -0.25) is 14.5 Å². The van der Waals surface area contributed by atoms with Crippen molar-refractivity contribution in [3.05, 3.63) is 42.0 Å². The van der Waals surface area contributed by atoms with E-state index >= 15 is 0 Å². The van der Waals surface area contributed by atoms with Crippen LogP contribution in [0.15, 0.2) is 30.7 Å². The fraction of sp³-hybridized carbons (Fsp3) is 0.375. The molecule has 0 saturated heterocycles. The van der Waals surface area contributed by atoms with Crippen LogP contribution in [0.3, 0.4) is 0 Å². The molecule has 1 amide bonds. The van der Waals surface area contributed by atoms with Gasteiger partial charge in [-0.15, -0.1) is 0 Å². The van der Waals surface area contributed by atoms with Crippen LogP contribution in [0.25, 0.3) is 11.0 Å². The molecule has 3 aromatic heterocycles. The zero-order chi connectivity index (χ0) is 16.6. The molecule has 1 N–H and O–H groups in total. The molecule has 0 spiro atoms. The highest BCUT2D eigenvalue weighted by molar-refractivity contribution is 5.84. The van der Waals surface area contributed by atoms with Gasteiger partial charge in [-0.25, -0.2) is 4.68 Å². The van der Waals surface area contributed by atoms with Crippen LogP contribution in [0.5, 0.6) is 0 Å². The number of aryl methyl sites for hydroxylation is 2. The lowest BCUT2D eigenvalue weighted by Gasteiger charge is -2.18. The minimum atomic E-state index is -0.417. The third-order valence-corrected chi connectivity index (χ3v) is 4.08. The Balaban J connectivity index is 1.82. The number of carbonyl (C=O) groups excluding carboxylic acids is 1. The Bertz CT molecular complexity index is 835. The molecule has 0 aliphatic heterocycles. The van der Waals surface area contributed by atoms with Crippen molar-refractivity contribution in [1.29, 1.82) is 0 Å². The van der Waals surface area contributed by atoms with Gasteiger partial charge in [0.2, 0.25) is 5.91 Å². The molecular weight excluding hydrogens is 292 g/mol. The molecule has 2 atom stereocenters. The Hall–Kier alpha value is -2.70. The third kappa shape index (κ3) is 2.69. The molecular formula is C16H20N6O. The first kappa shape index (κ1) is 15.2. The summed E-state index contributed by atoms with van der Waals surface area (Å²) in [6, 6.07) is 3.29. The van der Waals surface area contributed by atoms with Crippen molar-refractivity contribution in [1.82, 2.24) is 29.9 Å². The highest BCUT2D eigenvalue weighted by atomic mass is 16.2. The van der Waals surface area contributed by atoms with Gasteiger partial charge in [0.15, 0.2) is 0 Å². The second-order valence-electron chi connectivity index (χ2n) is 5.72. The van der Waals surface area contributed by atoms with Gasteiger partial charge in [0.1, 0.15) is 17.1 Å². The van der Waals surface area contributed by atoms with Gasteiger partial charge in [0.25, 0.3) is 0 Å². The van der Waals surface area contributed by atoms with E-state index in [1.165, 1.54) is 0 Å². The molecule has 3 heterocycles. The molecule has 3 aromatic rings. The molecule has 0 fully saturated rings. The number of nitrogens with one attached hydrogen (secondary N) is 1. The zero-order valence-electron chi connectivity index (χ0n) is 13.7. The minimum Gasteiger partial charge on any atom is -0.348 e. The molecule has 7 heteroatoms. The number of carbonyl (C=O) groups is 1. The quantitative estimate of drug-likeness (QED) is 0.798. The first-order chi connectivity index (χ1) is 11.0. The monoisotopic (exact) mass is 312 g/mol. The number of fused-ring (bicyclic) bond motifs is 1. The number of hydrogen-bond acceptors (Lipinski definition) is 4. The van der Waals surface area contributed by atoms with Crippen LogP contribution in [-0.4, -0.2) is 30.5 Å². The van der Waals surface area contributed by atoms with Crippen molar-refractivity contribution in [3.8, 4) is 0 Å². The van der Waals surface area contributed by atoms with E-state index < -0.39 is 6.04 Å². The fourth-order valence-corrected chi connectivity index (χ4v) is 2.74. The predicted octanol–water partition coefficient (Wildman–Crippen LogP) is 1.91. The molecule has 0 unspecified atom stereocenters. The summed E-state index contributed by atoms with van der Waals surface area (Å²) < 4.78 is 3.50. The van der Waals surface area contributed by atoms with Gasteiger partial charge in [0.05, 0.1) is 17.9 Å². The number of hydrogen-bond donors (Lipinski definition) is 1. The molecule has 0 aromatic carbocycles. The Labute approximate surface area is 134 Å². The van der Waals surface area contributed by atoms with Crippen molar-refractivity contribution >= 4 is 16.9 Å². The average Bonchev–Trinajstić information content (AvgIpc) is 3.10. The molecule has 0 saturated carbocycles. The molecule has 23 heavy (non-hydrogen) atoms. The Morgan fingerprint density at radius 1 is 1.26 bits per heavy atom. The summed E-state index contributed by atoms with van der Waals surface area (Å²) in [4.78, 5) is 16.6. The van der Waals surface area contributed by atoms with Gasteiger partial charge in [-0.2, -0.15) is 10.2 Å². The van der Waals surface area contributed by atoms with E-state index in [-0.39, 0.29) is 11.9 Å². The maximum Gasteiger partial charge on any atom is 0.245 e. The Morgan fingerprint density at radius 2 is 1.96 bits per heavy atom. The van der Waals surface area contributed by atoms with Crippen LogP contribution < -0.4 is 5.32 Å². The first-order valence-electron chi connectivity index (χ1n) is 7.56. The summed E-state index contributed by atoms with van der Waals surface area (Å²) in [5, 5.41) is 11.8. The van der Waals surface area contributed by atoms with Crippen LogP contribution in [0.4, 0.5) is 0 Å². The summed E-state index contributed by atoms with van der Waals surface area (Å²) in [5.41, 5.74) is 3.70. The SMILES string of the molecule is Cc1nn(C)c2cnn([C@H](C)C(=O)N[C@@H](C)c3ccncc3)c12. The van der Waals surface area contributed by atoms with E-state index in [2.05, 4.69) is 20.5 Å². The van der Waals surface area contributed by atoms with Crippen molar-refractivity contribution < 1.29 is 4.79 Å². The maximum atomic E-state index is 12.6. The predicted molar refractivity (Wildman–Crippen MR) is 86.7 cm³/mol. The highest BCUT2D eigenvalue weighted by Gasteiger charge is 2.22. The van der Waals surface area contributed by atoms with Crippen molar-refractivity contribution in [3.63, 3.8) is 0 Å². The van der Waals surface area contributed by atoms with Crippen LogP contribution in [0.2, 0.25) is 0 Å². The van der Waals surface area contributed by atoms with E-state index in [1.54, 1.807) is 28.0 Å². The molecule has 0 bridgehead atoms. The maximum absolute atomic E-state index is 12.6. The standard InChI is InChI=1S/C16H20N6O/c1-10(13-5-7-17-8-6-13)19-16(23)12(3)22-15-11(2)20-21(4)14(15)9-18-22/h5-10,12H,1-4H3,(H,19,23)/t10-,12+/m0/s1. The lowest BCUT2D eigenvalue weighted by molar-refractivity contribution is -0.124. The van der Waals surface area contributed by atoms with Gasteiger partial charge in [0, 0.05) is 19.4 Å². The zero-order valence-corrected chi connectivity index (χ0v) is 13.7. The summed E-state index contributed by atoms with van der Waals surface area (Å²) in [7, 11) is 1.87. The second-order valence-corrected chi connectivity index (χ2v) is 5.72. The minimum absolute atomic E-state index is 0.0810. The summed E-state index contributed by atoms with van der Waals surface area (Å²) >= 11 is 0. The fourth-order valence-electron chi connectivity index (χ4n) is 2.74. The van der Waals surface area contributed by atoms with Gasteiger partial charge in [-0.1, -0.05) is 0 Å². The van der Waals surface area contributed by atoms with Crippen LogP contribution in [0.1, 0.15) is 37.2 Å². The number of amides is 1. The van der Waals surface area contributed by atoms with E-state index in [1.807, 2.05) is 40.0 Å². The second kappa shape index (κ2) is 5.83. The molecule has 3 rings (SSSR count). The third-order valence-electron chi connectivity index (χ3n) is 4.08. The normalized spacial score (nSPS) is 13.9. The highest BCUT2D eigenvalue weighted by Crippen LogP contribution is 2.21. The van der Waals surface area contributed by atoms with Crippen LogP contribution >= 0.6 is 0 Å². The number of rotatable bonds is 4.